The van der Waals surface area contributed by atoms with E-state index in [0.29, 0.717) is 29.8 Å². The summed E-state index contributed by atoms with van der Waals surface area (Å²) in [5.74, 6) is 3.34. The van der Waals surface area contributed by atoms with Gasteiger partial charge in [0.1, 0.15) is 23.4 Å². The minimum absolute atomic E-state index is 0.139. The second kappa shape index (κ2) is 14.4. The van der Waals surface area contributed by atoms with E-state index in [1.54, 1.807) is 51.6 Å². The lowest BCUT2D eigenvalue weighted by Crippen LogP contribution is -2.55. The molecule has 1 aliphatic carbocycles. The summed E-state index contributed by atoms with van der Waals surface area (Å²) < 4.78 is 10.7. The first-order valence-electron chi connectivity index (χ1n) is 13.4. The van der Waals surface area contributed by atoms with Crippen molar-refractivity contribution in [1.29, 1.82) is 0 Å². The topological polar surface area (TPSA) is 88.2 Å². The number of nitrogens with one attached hydrogen (secondary N) is 1. The molecular weight excluding hydrogens is 522 g/mol. The number of nitrogens with zero attached hydrogens (tertiary/aromatic N) is 2. The minimum atomic E-state index is -0.676. The maximum Gasteiger partial charge on any atom is 0.411 e. The van der Waals surface area contributed by atoms with Gasteiger partial charge in [-0.05, 0) is 63.0 Å². The van der Waals surface area contributed by atoms with Crippen LogP contribution in [-0.4, -0.2) is 82.7 Å². The molecule has 0 radical (unpaired) electrons. The molecule has 3 amide bonds. The fourth-order valence-electron chi connectivity index (χ4n) is 4.66. The summed E-state index contributed by atoms with van der Waals surface area (Å²) in [5.41, 5.74) is 0.328. The lowest BCUT2D eigenvalue weighted by Gasteiger charge is -2.30. The van der Waals surface area contributed by atoms with Crippen molar-refractivity contribution in [3.63, 3.8) is 0 Å². The number of thioether (sulfide) groups is 2. The Morgan fingerprint density at radius 1 is 1.16 bits per heavy atom. The minimum Gasteiger partial charge on any atom is -0.497 e. The number of hydrogen-bond acceptors (Lipinski definition) is 7. The van der Waals surface area contributed by atoms with E-state index in [0.717, 1.165) is 17.1 Å². The molecule has 2 fully saturated rings. The van der Waals surface area contributed by atoms with Crippen molar-refractivity contribution in [2.75, 3.05) is 37.3 Å². The van der Waals surface area contributed by atoms with E-state index >= 15 is 0 Å². The van der Waals surface area contributed by atoms with Crippen LogP contribution in [0.1, 0.15) is 58.4 Å². The summed E-state index contributed by atoms with van der Waals surface area (Å²) in [6.07, 6.45) is 5.82. The standard InChI is InChI=1S/C28H43N3O5S2/c1-28(2,3)36-27(34)31-19-38-18-24(31)25(32)29-23(17-37-16-21-9-7-6-8-10-21)26(33)30(4)15-20-11-13-22(35-5)14-12-20/h11-14,21,23-24H,6-10,15-19H2,1-5H3,(H,29,32)/t23-,24-/m0/s1. The number of methoxy groups -OCH3 is 1. The molecule has 1 saturated heterocycles. The Hall–Kier alpha value is -2.07. The number of likely N-dealkylation sites (N-methyl/N-ethyl adjacent to an activating group) is 1. The van der Waals surface area contributed by atoms with Gasteiger partial charge in [-0.2, -0.15) is 11.8 Å². The van der Waals surface area contributed by atoms with Crippen LogP contribution in [0.25, 0.3) is 0 Å². The third-order valence-electron chi connectivity index (χ3n) is 6.75. The summed E-state index contributed by atoms with van der Waals surface area (Å²) in [6, 6.07) is 6.27. The van der Waals surface area contributed by atoms with E-state index < -0.39 is 23.8 Å². The van der Waals surface area contributed by atoms with Gasteiger partial charge in [0.2, 0.25) is 11.8 Å². The molecule has 0 aromatic heterocycles. The van der Waals surface area contributed by atoms with E-state index in [-0.39, 0.29) is 11.8 Å². The van der Waals surface area contributed by atoms with E-state index in [9.17, 15) is 14.4 Å². The molecule has 0 bridgehead atoms. The molecule has 1 aromatic rings. The number of rotatable bonds is 10. The smallest absolute Gasteiger partial charge is 0.411 e. The average Bonchev–Trinajstić information content (AvgIpc) is 3.38. The van der Waals surface area contributed by atoms with Gasteiger partial charge >= 0.3 is 6.09 Å². The Morgan fingerprint density at radius 3 is 2.47 bits per heavy atom. The lowest BCUT2D eigenvalue weighted by molar-refractivity contribution is -0.136. The highest BCUT2D eigenvalue weighted by Gasteiger charge is 2.39. The molecule has 1 aliphatic heterocycles. The zero-order valence-electron chi connectivity index (χ0n) is 23.4. The largest absolute Gasteiger partial charge is 0.497 e. The summed E-state index contributed by atoms with van der Waals surface area (Å²) in [5, 5.41) is 3.00. The van der Waals surface area contributed by atoms with Gasteiger partial charge in [0.25, 0.3) is 0 Å². The van der Waals surface area contributed by atoms with Crippen LogP contribution in [0, 0.1) is 5.92 Å². The zero-order chi connectivity index (χ0) is 27.7. The molecule has 3 rings (SSSR count). The number of hydrogen-bond donors (Lipinski definition) is 1. The quantitative estimate of drug-likeness (QED) is 0.438. The average molecular weight is 566 g/mol. The number of ether oxygens (including phenoxy) is 2. The molecule has 1 aromatic carbocycles. The van der Waals surface area contributed by atoms with Crippen LogP contribution in [-0.2, 0) is 20.9 Å². The first-order valence-corrected chi connectivity index (χ1v) is 15.7. The lowest BCUT2D eigenvalue weighted by atomic mass is 9.91. The van der Waals surface area contributed by atoms with Crippen molar-refractivity contribution in [1.82, 2.24) is 15.1 Å². The van der Waals surface area contributed by atoms with Crippen molar-refractivity contribution >= 4 is 41.4 Å². The van der Waals surface area contributed by atoms with Crippen molar-refractivity contribution < 1.29 is 23.9 Å². The predicted molar refractivity (Wildman–Crippen MR) is 154 cm³/mol. The van der Waals surface area contributed by atoms with E-state index in [4.69, 9.17) is 9.47 Å². The van der Waals surface area contributed by atoms with E-state index in [1.807, 2.05) is 24.3 Å². The molecule has 0 unspecified atom stereocenters. The highest BCUT2D eigenvalue weighted by atomic mass is 32.2. The molecule has 1 N–H and O–H groups in total. The highest BCUT2D eigenvalue weighted by Crippen LogP contribution is 2.28. The predicted octanol–water partition coefficient (Wildman–Crippen LogP) is 4.76. The van der Waals surface area contributed by atoms with Crippen molar-refractivity contribution in [2.24, 2.45) is 5.92 Å². The number of benzene rings is 1. The van der Waals surface area contributed by atoms with E-state index in [1.165, 1.54) is 48.8 Å². The van der Waals surface area contributed by atoms with Gasteiger partial charge in [0.15, 0.2) is 0 Å². The molecule has 0 spiro atoms. The molecule has 212 valence electrons. The molecule has 10 heteroatoms. The summed E-state index contributed by atoms with van der Waals surface area (Å²) in [4.78, 5) is 42.8. The molecule has 1 saturated carbocycles. The zero-order valence-corrected chi connectivity index (χ0v) is 25.0. The molecular formula is C28H43N3O5S2. The summed E-state index contributed by atoms with van der Waals surface area (Å²) in [6.45, 7) is 5.84. The summed E-state index contributed by atoms with van der Waals surface area (Å²) >= 11 is 3.24. The van der Waals surface area contributed by atoms with Gasteiger partial charge in [-0.25, -0.2) is 4.79 Å². The molecule has 38 heavy (non-hydrogen) atoms. The summed E-state index contributed by atoms with van der Waals surface area (Å²) in [7, 11) is 3.38. The van der Waals surface area contributed by atoms with Gasteiger partial charge < -0.3 is 19.7 Å². The van der Waals surface area contributed by atoms with Gasteiger partial charge in [0.05, 0.1) is 13.0 Å². The Labute approximate surface area is 235 Å². The fourth-order valence-corrected chi connectivity index (χ4v) is 7.06. The maximum absolute atomic E-state index is 13.6. The van der Waals surface area contributed by atoms with E-state index in [2.05, 4.69) is 5.32 Å². The molecule has 2 aliphatic rings. The van der Waals surface area contributed by atoms with Crippen LogP contribution in [0.2, 0.25) is 0 Å². The van der Waals surface area contributed by atoms with Gasteiger partial charge in [-0.15, -0.1) is 11.8 Å². The van der Waals surface area contributed by atoms with Crippen LogP contribution in [0.4, 0.5) is 4.79 Å². The van der Waals surface area contributed by atoms with Gasteiger partial charge in [0, 0.05) is 25.1 Å². The van der Waals surface area contributed by atoms with Crippen LogP contribution in [0.5, 0.6) is 5.75 Å². The number of amides is 3. The highest BCUT2D eigenvalue weighted by molar-refractivity contribution is 7.99. The fraction of sp³-hybridized carbons (Fsp3) is 0.679. The van der Waals surface area contributed by atoms with Crippen molar-refractivity contribution in [3.05, 3.63) is 29.8 Å². The van der Waals surface area contributed by atoms with Crippen LogP contribution in [0.3, 0.4) is 0 Å². The Kier molecular flexibility index (Phi) is 11.5. The van der Waals surface area contributed by atoms with Gasteiger partial charge in [-0.1, -0.05) is 31.4 Å². The Bertz CT molecular complexity index is 931. The monoisotopic (exact) mass is 565 g/mol. The first kappa shape index (κ1) is 30.5. The van der Waals surface area contributed by atoms with Gasteiger partial charge in [-0.3, -0.25) is 14.5 Å². The Morgan fingerprint density at radius 2 is 1.84 bits per heavy atom. The molecule has 1 heterocycles. The van der Waals surface area contributed by atoms with Crippen LogP contribution >= 0.6 is 23.5 Å². The number of carbonyl (C=O) groups is 3. The third-order valence-corrected chi connectivity index (χ3v) is 9.03. The molecule has 8 nitrogen and oxygen atoms in total. The van der Waals surface area contributed by atoms with Crippen molar-refractivity contribution in [3.8, 4) is 5.75 Å². The SMILES string of the molecule is COc1ccc(CN(C)C(=O)[C@H](CSCC2CCCCC2)NC(=O)[C@@H]2CSCN2C(=O)OC(C)(C)C)cc1. The van der Waals surface area contributed by atoms with Crippen molar-refractivity contribution in [2.45, 2.75) is 77.1 Å². The number of carbonyl (C=O) groups excluding carboxylic acids is 3. The molecule has 2 atom stereocenters. The third kappa shape index (κ3) is 9.29. The second-order valence-electron chi connectivity index (χ2n) is 11.1. The Balaban J connectivity index is 1.66. The van der Waals surface area contributed by atoms with Crippen LogP contribution in [0.15, 0.2) is 24.3 Å². The maximum atomic E-state index is 13.6. The van der Waals surface area contributed by atoms with Crippen LogP contribution < -0.4 is 10.1 Å². The second-order valence-corrected chi connectivity index (χ2v) is 13.2. The first-order chi connectivity index (χ1) is 18.1. The normalized spacial score (nSPS) is 19.1.